The Morgan fingerprint density at radius 2 is 2.17 bits per heavy atom. The molecule has 0 aliphatic carbocycles. The van der Waals surface area contributed by atoms with Crippen LogP contribution in [0.4, 0.5) is 0 Å². The fourth-order valence-corrected chi connectivity index (χ4v) is 3.34. The molecule has 1 aromatic carbocycles. The van der Waals surface area contributed by atoms with Crippen molar-refractivity contribution in [3.8, 4) is 0 Å². The molecule has 1 fully saturated rings. The highest BCUT2D eigenvalue weighted by Gasteiger charge is 2.16. The van der Waals surface area contributed by atoms with Crippen molar-refractivity contribution in [1.82, 2.24) is 15.1 Å². The molecule has 29 heavy (non-hydrogen) atoms. The number of rotatable bonds is 8. The summed E-state index contributed by atoms with van der Waals surface area (Å²) in [7, 11) is 0. The minimum atomic E-state index is -0.622. The first-order valence-electron chi connectivity index (χ1n) is 9.53. The lowest BCUT2D eigenvalue weighted by atomic mass is 10.2. The van der Waals surface area contributed by atoms with Gasteiger partial charge in [-0.25, -0.2) is 9.48 Å². The van der Waals surface area contributed by atoms with Crippen molar-refractivity contribution in [2.24, 2.45) is 0 Å². The standard InChI is InChI=1S/C21H24ClN3O4/c1-15-18(21(22)25(24-15)13-16-6-3-2-4-7-16)9-10-20(27)29-14-19(26)23-12-17-8-5-11-28-17/h2-4,6-7,9-10,17H,5,8,11-14H2,1H3,(H,23,26)/b10-9+/t17-/m1/s1. The summed E-state index contributed by atoms with van der Waals surface area (Å²) in [6.07, 6.45) is 4.78. The van der Waals surface area contributed by atoms with E-state index in [9.17, 15) is 9.59 Å². The monoisotopic (exact) mass is 417 g/mol. The Morgan fingerprint density at radius 1 is 1.38 bits per heavy atom. The number of halogens is 1. The second-order valence-corrected chi connectivity index (χ2v) is 7.17. The number of amides is 1. The molecular formula is C21H24ClN3O4. The zero-order valence-corrected chi connectivity index (χ0v) is 17.0. The van der Waals surface area contributed by atoms with Gasteiger partial charge in [0.05, 0.1) is 18.3 Å². The van der Waals surface area contributed by atoms with Gasteiger partial charge in [-0.3, -0.25) is 4.79 Å². The van der Waals surface area contributed by atoms with Gasteiger partial charge in [0.15, 0.2) is 6.61 Å². The van der Waals surface area contributed by atoms with Crippen molar-refractivity contribution >= 4 is 29.6 Å². The van der Waals surface area contributed by atoms with Crippen LogP contribution in [0.1, 0.15) is 29.7 Å². The molecule has 2 heterocycles. The summed E-state index contributed by atoms with van der Waals surface area (Å²) in [6, 6.07) is 9.83. The fraction of sp³-hybridized carbons (Fsp3) is 0.381. The number of nitrogens with one attached hydrogen (secondary N) is 1. The fourth-order valence-electron chi connectivity index (χ4n) is 3.04. The van der Waals surface area contributed by atoms with E-state index in [1.54, 1.807) is 10.8 Å². The van der Waals surface area contributed by atoms with Gasteiger partial charge in [-0.05, 0) is 31.4 Å². The van der Waals surface area contributed by atoms with Crippen LogP contribution < -0.4 is 5.32 Å². The Kier molecular flexibility index (Phi) is 7.43. The third-order valence-corrected chi connectivity index (χ3v) is 4.97. The number of carbonyl (C=O) groups is 2. The Labute approximate surface area is 174 Å². The first-order chi connectivity index (χ1) is 14.0. The van der Waals surface area contributed by atoms with E-state index in [4.69, 9.17) is 21.1 Å². The van der Waals surface area contributed by atoms with Crippen LogP contribution in [0.3, 0.4) is 0 Å². The molecule has 1 amide bonds. The lowest BCUT2D eigenvalue weighted by Gasteiger charge is -2.10. The number of nitrogens with zero attached hydrogens (tertiary/aromatic N) is 2. The van der Waals surface area contributed by atoms with Crippen LogP contribution >= 0.6 is 11.6 Å². The number of aryl methyl sites for hydroxylation is 1. The second-order valence-electron chi connectivity index (χ2n) is 6.81. The molecule has 1 aromatic heterocycles. The normalized spacial score (nSPS) is 16.3. The van der Waals surface area contributed by atoms with Crippen LogP contribution in [0.2, 0.25) is 5.15 Å². The van der Waals surface area contributed by atoms with Gasteiger partial charge in [-0.15, -0.1) is 0 Å². The molecule has 8 heteroatoms. The summed E-state index contributed by atoms with van der Waals surface area (Å²) in [5.41, 5.74) is 2.41. The highest BCUT2D eigenvalue weighted by atomic mass is 35.5. The maximum atomic E-state index is 11.9. The van der Waals surface area contributed by atoms with E-state index in [1.807, 2.05) is 37.3 Å². The Hall–Kier alpha value is -2.64. The number of ether oxygens (including phenoxy) is 2. The molecule has 1 aliphatic heterocycles. The van der Waals surface area contributed by atoms with E-state index in [-0.39, 0.29) is 18.6 Å². The lowest BCUT2D eigenvalue weighted by molar-refractivity contribution is -0.143. The van der Waals surface area contributed by atoms with Gasteiger partial charge < -0.3 is 14.8 Å². The lowest BCUT2D eigenvalue weighted by Crippen LogP contribution is -2.34. The predicted molar refractivity (Wildman–Crippen MR) is 109 cm³/mol. The third-order valence-electron chi connectivity index (χ3n) is 4.57. The van der Waals surface area contributed by atoms with Crippen molar-refractivity contribution in [1.29, 1.82) is 0 Å². The van der Waals surface area contributed by atoms with Crippen LogP contribution in [-0.2, 0) is 25.6 Å². The molecule has 1 aliphatic rings. The summed E-state index contributed by atoms with van der Waals surface area (Å²) < 4.78 is 12.1. The summed E-state index contributed by atoms with van der Waals surface area (Å²) in [5.74, 6) is -0.976. The van der Waals surface area contributed by atoms with Crippen LogP contribution in [-0.4, -0.2) is 47.5 Å². The Morgan fingerprint density at radius 3 is 2.90 bits per heavy atom. The number of hydrogen-bond acceptors (Lipinski definition) is 5. The maximum absolute atomic E-state index is 11.9. The topological polar surface area (TPSA) is 82.5 Å². The average Bonchev–Trinajstić information content (AvgIpc) is 3.33. The van der Waals surface area contributed by atoms with E-state index < -0.39 is 5.97 Å². The van der Waals surface area contributed by atoms with Crippen LogP contribution in [0.15, 0.2) is 36.4 Å². The quantitative estimate of drug-likeness (QED) is 0.527. The Bertz CT molecular complexity index is 874. The number of carbonyl (C=O) groups excluding carboxylic acids is 2. The largest absolute Gasteiger partial charge is 0.452 e. The predicted octanol–water partition coefficient (Wildman–Crippen LogP) is 2.74. The van der Waals surface area contributed by atoms with Gasteiger partial charge in [-0.2, -0.15) is 5.10 Å². The Balaban J connectivity index is 1.49. The second kappa shape index (κ2) is 10.2. The number of benzene rings is 1. The third kappa shape index (κ3) is 6.17. The molecule has 0 spiro atoms. The number of aromatic nitrogens is 2. The molecule has 154 valence electrons. The molecule has 1 saturated heterocycles. The van der Waals surface area contributed by atoms with E-state index in [0.29, 0.717) is 29.5 Å². The van der Waals surface area contributed by atoms with Gasteiger partial charge >= 0.3 is 5.97 Å². The van der Waals surface area contributed by atoms with Gasteiger partial charge in [0.1, 0.15) is 5.15 Å². The highest BCUT2D eigenvalue weighted by molar-refractivity contribution is 6.31. The van der Waals surface area contributed by atoms with Gasteiger partial charge in [-0.1, -0.05) is 41.9 Å². The van der Waals surface area contributed by atoms with Crippen molar-refractivity contribution < 1.29 is 19.1 Å². The van der Waals surface area contributed by atoms with Gasteiger partial charge in [0.25, 0.3) is 5.91 Å². The molecule has 1 atom stereocenters. The smallest absolute Gasteiger partial charge is 0.331 e. The summed E-state index contributed by atoms with van der Waals surface area (Å²) in [4.78, 5) is 23.7. The summed E-state index contributed by atoms with van der Waals surface area (Å²) in [5, 5.41) is 7.56. The molecule has 7 nitrogen and oxygen atoms in total. The van der Waals surface area contributed by atoms with Crippen LogP contribution in [0, 0.1) is 6.92 Å². The first kappa shape index (κ1) is 21.1. The molecule has 0 bridgehead atoms. The molecule has 1 N–H and O–H groups in total. The van der Waals surface area contributed by atoms with E-state index in [1.165, 1.54) is 6.08 Å². The van der Waals surface area contributed by atoms with Crippen molar-refractivity contribution in [3.63, 3.8) is 0 Å². The van der Waals surface area contributed by atoms with Crippen LogP contribution in [0.5, 0.6) is 0 Å². The van der Waals surface area contributed by atoms with E-state index >= 15 is 0 Å². The van der Waals surface area contributed by atoms with E-state index in [0.717, 1.165) is 25.0 Å². The summed E-state index contributed by atoms with van der Waals surface area (Å²) >= 11 is 6.42. The molecule has 0 unspecified atom stereocenters. The number of hydrogen-bond donors (Lipinski definition) is 1. The minimum absolute atomic E-state index is 0.0482. The van der Waals surface area contributed by atoms with Crippen molar-refractivity contribution in [2.75, 3.05) is 19.8 Å². The average molecular weight is 418 g/mol. The SMILES string of the molecule is Cc1nn(Cc2ccccc2)c(Cl)c1/C=C/C(=O)OCC(=O)NC[C@H]1CCCO1. The molecule has 2 aromatic rings. The zero-order chi connectivity index (χ0) is 20.6. The maximum Gasteiger partial charge on any atom is 0.331 e. The number of esters is 1. The van der Waals surface area contributed by atoms with Crippen LogP contribution in [0.25, 0.3) is 6.08 Å². The first-order valence-corrected chi connectivity index (χ1v) is 9.90. The molecular weight excluding hydrogens is 394 g/mol. The molecule has 0 radical (unpaired) electrons. The molecule has 0 saturated carbocycles. The highest BCUT2D eigenvalue weighted by Crippen LogP contribution is 2.22. The molecule has 3 rings (SSSR count). The summed E-state index contributed by atoms with van der Waals surface area (Å²) in [6.45, 7) is 3.17. The van der Waals surface area contributed by atoms with Crippen molar-refractivity contribution in [2.45, 2.75) is 32.4 Å². The van der Waals surface area contributed by atoms with Gasteiger partial charge in [0.2, 0.25) is 0 Å². The van der Waals surface area contributed by atoms with Gasteiger partial charge in [0, 0.05) is 24.8 Å². The van der Waals surface area contributed by atoms with E-state index in [2.05, 4.69) is 10.4 Å². The van der Waals surface area contributed by atoms with Crippen molar-refractivity contribution in [3.05, 3.63) is 58.4 Å². The minimum Gasteiger partial charge on any atom is -0.452 e. The zero-order valence-electron chi connectivity index (χ0n) is 16.3.